The van der Waals surface area contributed by atoms with Gasteiger partial charge in [0.15, 0.2) is 0 Å². The predicted molar refractivity (Wildman–Crippen MR) is 115 cm³/mol. The zero-order valence-corrected chi connectivity index (χ0v) is 16.8. The third-order valence-electron chi connectivity index (χ3n) is 5.70. The van der Waals surface area contributed by atoms with Crippen LogP contribution in [0.3, 0.4) is 0 Å². The average molecular weight is 431 g/mol. The number of phenols is 1. The van der Waals surface area contributed by atoms with Crippen molar-refractivity contribution in [2.75, 3.05) is 11.5 Å². The first kappa shape index (κ1) is 19.8. The summed E-state index contributed by atoms with van der Waals surface area (Å²) in [5, 5.41) is 20.9. The number of carbonyl (C=O) groups excluding carboxylic acids is 2. The Morgan fingerprint density at radius 2 is 1.81 bits per heavy atom. The van der Waals surface area contributed by atoms with E-state index in [0.29, 0.717) is 24.2 Å². The molecule has 3 aromatic carbocycles. The molecule has 1 amide bonds. The number of aromatic hydroxyl groups is 1. The number of aliphatic hydroxyl groups is 1. The lowest BCUT2D eigenvalue weighted by atomic mass is 9.94. The molecule has 7 heteroatoms. The highest BCUT2D eigenvalue weighted by Gasteiger charge is 2.47. The molecule has 160 valence electrons. The van der Waals surface area contributed by atoms with Crippen LogP contribution >= 0.6 is 0 Å². The molecule has 1 unspecified atom stereocenters. The van der Waals surface area contributed by atoms with Gasteiger partial charge in [-0.2, -0.15) is 0 Å². The Balaban J connectivity index is 1.71. The van der Waals surface area contributed by atoms with E-state index in [1.54, 1.807) is 30.3 Å². The van der Waals surface area contributed by atoms with Crippen LogP contribution in [0.4, 0.5) is 10.1 Å². The second-order valence-corrected chi connectivity index (χ2v) is 7.66. The molecule has 0 radical (unpaired) electrons. The first-order chi connectivity index (χ1) is 15.4. The molecule has 32 heavy (non-hydrogen) atoms. The normalized spacial score (nSPS) is 19.2. The molecular weight excluding hydrogens is 413 g/mol. The number of hydrogen-bond donors (Lipinski definition) is 2. The van der Waals surface area contributed by atoms with Crippen LogP contribution < -0.4 is 9.64 Å². The number of anilines is 1. The number of amides is 1. The van der Waals surface area contributed by atoms with E-state index in [1.807, 2.05) is 0 Å². The number of rotatable bonds is 3. The van der Waals surface area contributed by atoms with Crippen LogP contribution in [-0.2, 0) is 16.0 Å². The van der Waals surface area contributed by atoms with E-state index in [1.165, 1.54) is 35.2 Å². The van der Waals surface area contributed by atoms with Crippen molar-refractivity contribution in [3.63, 3.8) is 0 Å². The Labute approximate surface area is 182 Å². The van der Waals surface area contributed by atoms with E-state index in [0.717, 1.165) is 17.4 Å². The van der Waals surface area contributed by atoms with Gasteiger partial charge in [-0.1, -0.05) is 18.2 Å². The van der Waals surface area contributed by atoms with Gasteiger partial charge in [-0.15, -0.1) is 0 Å². The van der Waals surface area contributed by atoms with Crippen molar-refractivity contribution >= 4 is 23.1 Å². The van der Waals surface area contributed by atoms with Gasteiger partial charge in [-0.3, -0.25) is 14.5 Å². The summed E-state index contributed by atoms with van der Waals surface area (Å²) in [5.41, 5.74) is 1.84. The topological polar surface area (TPSA) is 87.1 Å². The summed E-state index contributed by atoms with van der Waals surface area (Å²) < 4.78 is 19.4. The zero-order valence-electron chi connectivity index (χ0n) is 16.8. The molecule has 1 atom stereocenters. The van der Waals surface area contributed by atoms with Crippen molar-refractivity contribution in [1.82, 2.24) is 0 Å². The van der Waals surface area contributed by atoms with E-state index in [9.17, 15) is 24.2 Å². The van der Waals surface area contributed by atoms with Crippen LogP contribution in [0, 0.1) is 5.82 Å². The average Bonchev–Trinajstić information content (AvgIpc) is 3.36. The highest BCUT2D eigenvalue weighted by atomic mass is 19.1. The number of benzene rings is 3. The minimum Gasteiger partial charge on any atom is -0.508 e. The molecule has 0 saturated carbocycles. The first-order valence-electron chi connectivity index (χ1n) is 10.1. The van der Waals surface area contributed by atoms with Gasteiger partial charge in [-0.25, -0.2) is 4.39 Å². The van der Waals surface area contributed by atoms with Crippen LogP contribution in [-0.4, -0.2) is 28.5 Å². The molecule has 2 aliphatic heterocycles. The maximum absolute atomic E-state index is 13.9. The number of Topliss-reactive ketones (excluding diaryl/α,β-unsaturated/α-hetero) is 1. The van der Waals surface area contributed by atoms with Crippen LogP contribution in [0.15, 0.2) is 72.3 Å². The van der Waals surface area contributed by atoms with Gasteiger partial charge in [-0.05, 0) is 59.7 Å². The summed E-state index contributed by atoms with van der Waals surface area (Å²) in [6, 6.07) is 15.4. The molecule has 0 aliphatic carbocycles. The second kappa shape index (κ2) is 7.53. The number of ketones is 1. The summed E-state index contributed by atoms with van der Waals surface area (Å²) in [6.45, 7) is 0.539. The Kier molecular flexibility index (Phi) is 4.66. The molecule has 1 fully saturated rings. The van der Waals surface area contributed by atoms with E-state index in [2.05, 4.69) is 0 Å². The fraction of sp³-hybridized carbons (Fsp3) is 0.120. The number of carbonyl (C=O) groups is 2. The van der Waals surface area contributed by atoms with Gasteiger partial charge in [0, 0.05) is 17.7 Å². The van der Waals surface area contributed by atoms with Gasteiger partial charge in [0.2, 0.25) is 0 Å². The maximum Gasteiger partial charge on any atom is 0.300 e. The molecule has 2 N–H and O–H groups in total. The summed E-state index contributed by atoms with van der Waals surface area (Å²) in [4.78, 5) is 27.3. The highest BCUT2D eigenvalue weighted by molar-refractivity contribution is 6.51. The van der Waals surface area contributed by atoms with Crippen molar-refractivity contribution in [3.8, 4) is 11.5 Å². The van der Waals surface area contributed by atoms with Gasteiger partial charge in [0.25, 0.3) is 11.7 Å². The van der Waals surface area contributed by atoms with Crippen LogP contribution in [0.1, 0.15) is 22.7 Å². The smallest absolute Gasteiger partial charge is 0.300 e. The van der Waals surface area contributed by atoms with Gasteiger partial charge >= 0.3 is 0 Å². The fourth-order valence-corrected chi connectivity index (χ4v) is 4.19. The zero-order chi connectivity index (χ0) is 22.4. The van der Waals surface area contributed by atoms with Crippen molar-refractivity contribution in [1.29, 1.82) is 0 Å². The molecule has 3 aromatic rings. The largest absolute Gasteiger partial charge is 0.508 e. The minimum absolute atomic E-state index is 0.00933. The Bertz CT molecular complexity index is 1280. The molecule has 5 rings (SSSR count). The molecule has 1 saturated heterocycles. The summed E-state index contributed by atoms with van der Waals surface area (Å²) in [7, 11) is 0. The standard InChI is InChI=1S/C25H18FNO5/c26-17-2-1-3-18(13-17)27-22(14-4-7-19(28)8-5-14)21(24(30)25(27)31)23(29)16-6-9-20-15(12-16)10-11-32-20/h1-9,12-13,22,28-29H,10-11H2/b23-21-. The predicted octanol–water partition coefficient (Wildman–Crippen LogP) is 4.09. The van der Waals surface area contributed by atoms with Gasteiger partial charge in [0.05, 0.1) is 18.2 Å². The molecular formula is C25H18FNO5. The molecule has 0 aromatic heterocycles. The number of phenolic OH excluding ortho intramolecular Hbond substituents is 1. The number of halogens is 1. The summed E-state index contributed by atoms with van der Waals surface area (Å²) in [6.07, 6.45) is 0.676. The van der Waals surface area contributed by atoms with E-state index in [4.69, 9.17) is 4.74 Å². The number of ether oxygens (including phenoxy) is 1. The van der Waals surface area contributed by atoms with Gasteiger partial charge in [0.1, 0.15) is 23.1 Å². The fourth-order valence-electron chi connectivity index (χ4n) is 4.19. The van der Waals surface area contributed by atoms with Crippen molar-refractivity contribution < 1.29 is 28.9 Å². The SMILES string of the molecule is O=C1C(=O)N(c2cccc(F)c2)C(c2ccc(O)cc2)/C1=C(/O)c1ccc2c(c1)CCO2. The monoisotopic (exact) mass is 431 g/mol. The highest BCUT2D eigenvalue weighted by Crippen LogP contribution is 2.43. The number of hydrogen-bond acceptors (Lipinski definition) is 5. The molecule has 0 spiro atoms. The maximum atomic E-state index is 13.9. The number of aliphatic hydroxyl groups excluding tert-OH is 1. The van der Waals surface area contributed by atoms with Crippen LogP contribution in [0.5, 0.6) is 11.5 Å². The lowest BCUT2D eigenvalue weighted by Crippen LogP contribution is -2.29. The Morgan fingerprint density at radius 1 is 1.03 bits per heavy atom. The molecule has 0 bridgehead atoms. The van der Waals surface area contributed by atoms with Gasteiger partial charge < -0.3 is 14.9 Å². The van der Waals surface area contributed by atoms with Crippen molar-refractivity contribution in [2.24, 2.45) is 0 Å². The number of fused-ring (bicyclic) bond motifs is 1. The van der Waals surface area contributed by atoms with E-state index < -0.39 is 23.5 Å². The van der Waals surface area contributed by atoms with E-state index >= 15 is 0 Å². The molecule has 2 heterocycles. The molecule has 2 aliphatic rings. The van der Waals surface area contributed by atoms with Crippen molar-refractivity contribution in [2.45, 2.75) is 12.5 Å². The van der Waals surface area contributed by atoms with Crippen LogP contribution in [0.2, 0.25) is 0 Å². The van der Waals surface area contributed by atoms with Crippen LogP contribution in [0.25, 0.3) is 5.76 Å². The quantitative estimate of drug-likeness (QED) is 0.371. The number of nitrogens with zero attached hydrogens (tertiary/aromatic N) is 1. The Hall–Kier alpha value is -4.13. The third kappa shape index (κ3) is 3.19. The lowest BCUT2D eigenvalue weighted by Gasteiger charge is -2.25. The summed E-state index contributed by atoms with van der Waals surface area (Å²) >= 11 is 0. The first-order valence-corrected chi connectivity index (χ1v) is 10.1. The van der Waals surface area contributed by atoms with Crippen molar-refractivity contribution in [3.05, 3.63) is 94.8 Å². The molecule has 6 nitrogen and oxygen atoms in total. The Morgan fingerprint density at radius 3 is 2.56 bits per heavy atom. The lowest BCUT2D eigenvalue weighted by molar-refractivity contribution is -0.132. The summed E-state index contributed by atoms with van der Waals surface area (Å²) in [5.74, 6) is -1.91. The third-order valence-corrected chi connectivity index (χ3v) is 5.70. The minimum atomic E-state index is -0.998. The van der Waals surface area contributed by atoms with E-state index in [-0.39, 0.29) is 22.8 Å². The second-order valence-electron chi connectivity index (χ2n) is 7.66.